The number of halogens is 2. The minimum absolute atomic E-state index is 0.101. The van der Waals surface area contributed by atoms with Crippen LogP contribution in [0, 0.1) is 24.1 Å². The van der Waals surface area contributed by atoms with Crippen LogP contribution in [0.3, 0.4) is 0 Å². The second kappa shape index (κ2) is 15.7. The largest absolute Gasteiger partial charge is 0.483 e. The lowest BCUT2D eigenvalue weighted by atomic mass is 10.1. The normalized spacial score (nSPS) is 13.2. The van der Waals surface area contributed by atoms with Crippen LogP contribution in [-0.2, 0) is 4.79 Å². The molecule has 0 bridgehead atoms. The Morgan fingerprint density at radius 1 is 1.21 bits per heavy atom. The van der Waals surface area contributed by atoms with E-state index in [0.717, 1.165) is 5.56 Å². The molecule has 0 saturated carbocycles. The third-order valence-corrected chi connectivity index (χ3v) is 7.56. The van der Waals surface area contributed by atoms with Crippen molar-refractivity contribution in [2.24, 2.45) is 5.73 Å². The lowest BCUT2D eigenvalue weighted by Gasteiger charge is -2.35. The summed E-state index contributed by atoms with van der Waals surface area (Å²) in [6, 6.07) is 9.91. The molecule has 3 amide bonds. The number of benzene rings is 2. The first kappa shape index (κ1) is 34.4. The number of piperazine rings is 1. The smallest absolute Gasteiger partial charge is 0.317 e. The van der Waals surface area contributed by atoms with Gasteiger partial charge in [0.05, 0.1) is 16.9 Å². The number of ether oxygens (including phenoxy) is 1. The summed E-state index contributed by atoms with van der Waals surface area (Å²) < 4.78 is 21.7. The molecule has 1 saturated heterocycles. The van der Waals surface area contributed by atoms with Crippen molar-refractivity contribution >= 4 is 47.2 Å². The fourth-order valence-corrected chi connectivity index (χ4v) is 5.17. The van der Waals surface area contributed by atoms with Crippen molar-refractivity contribution in [2.75, 3.05) is 44.6 Å². The van der Waals surface area contributed by atoms with Gasteiger partial charge in [-0.05, 0) is 49.7 Å². The van der Waals surface area contributed by atoms with Gasteiger partial charge in [0, 0.05) is 68.0 Å². The van der Waals surface area contributed by atoms with E-state index in [1.54, 1.807) is 57.1 Å². The van der Waals surface area contributed by atoms with Crippen LogP contribution in [-0.4, -0.2) is 93.1 Å². The first-order valence-corrected chi connectivity index (χ1v) is 14.8. The average Bonchev–Trinajstić information content (AvgIpc) is 3.49. The highest BCUT2D eigenvalue weighted by Gasteiger charge is 2.26. The molecule has 1 atom stereocenters. The zero-order chi connectivity index (χ0) is 34.1. The molecule has 47 heavy (non-hydrogen) atoms. The molecule has 4 aromatic rings. The fourth-order valence-electron chi connectivity index (χ4n) is 4.92. The van der Waals surface area contributed by atoms with E-state index >= 15 is 0 Å². The number of amides is 3. The molecule has 3 heterocycles. The molecular weight excluding hydrogens is 633 g/mol. The van der Waals surface area contributed by atoms with Gasteiger partial charge in [-0.25, -0.2) is 19.2 Å². The summed E-state index contributed by atoms with van der Waals surface area (Å²) >= 11 is 6.33. The Labute approximate surface area is 274 Å². The van der Waals surface area contributed by atoms with Gasteiger partial charge in [-0.2, -0.15) is 5.26 Å². The number of hydrogen-bond donors (Lipinski definition) is 4. The van der Waals surface area contributed by atoms with Crippen molar-refractivity contribution in [1.29, 1.82) is 5.26 Å². The number of fused-ring (bicyclic) bond motifs is 1. The Kier molecular flexibility index (Phi) is 11.5. The molecule has 5 N–H and O–H groups in total. The summed E-state index contributed by atoms with van der Waals surface area (Å²) in [6.45, 7) is 5.27. The molecular formula is C31H33ClFN9O5. The number of aryl methyl sites for hydroxylation is 1. The van der Waals surface area contributed by atoms with Crippen molar-refractivity contribution in [3.05, 3.63) is 70.9 Å². The SMILES string of the molecule is Cc1cc(Nc2nccn3c(-c4ccc(OCC#N)c(F)c4Cl)cnc23)ccc1C(=O)N1CCN(C(=O)NC[C@@H](C)N)CC1.O=CO. The zero-order valence-corrected chi connectivity index (χ0v) is 26.4. The molecule has 0 aliphatic carbocycles. The number of carbonyl (C=O) groups is 3. The van der Waals surface area contributed by atoms with Crippen molar-refractivity contribution < 1.29 is 28.6 Å². The lowest BCUT2D eigenvalue weighted by Crippen LogP contribution is -2.54. The minimum Gasteiger partial charge on any atom is -0.483 e. The summed E-state index contributed by atoms with van der Waals surface area (Å²) in [4.78, 5) is 46.3. The first-order valence-electron chi connectivity index (χ1n) is 14.4. The molecule has 1 aliphatic heterocycles. The van der Waals surface area contributed by atoms with Gasteiger partial charge in [-0.1, -0.05) is 11.6 Å². The van der Waals surface area contributed by atoms with Gasteiger partial charge in [-0.3, -0.25) is 14.0 Å². The number of hydrogen-bond acceptors (Lipinski definition) is 9. The Balaban J connectivity index is 0.00000160. The Bertz CT molecular complexity index is 1800. The zero-order valence-electron chi connectivity index (χ0n) is 25.6. The van der Waals surface area contributed by atoms with E-state index in [1.807, 2.05) is 19.9 Å². The van der Waals surface area contributed by atoms with Gasteiger partial charge in [-0.15, -0.1) is 0 Å². The second-order valence-electron chi connectivity index (χ2n) is 10.5. The number of nitrogens with zero attached hydrogens (tertiary/aromatic N) is 6. The predicted octanol–water partition coefficient (Wildman–Crippen LogP) is 3.66. The van der Waals surface area contributed by atoms with Crippen LogP contribution in [0.5, 0.6) is 5.75 Å². The Morgan fingerprint density at radius 2 is 1.91 bits per heavy atom. The third-order valence-electron chi connectivity index (χ3n) is 7.19. The van der Waals surface area contributed by atoms with Gasteiger partial charge in [0.25, 0.3) is 12.4 Å². The number of nitrogens with one attached hydrogen (secondary N) is 2. The highest BCUT2D eigenvalue weighted by molar-refractivity contribution is 6.33. The molecule has 14 nitrogen and oxygen atoms in total. The molecule has 1 aliphatic rings. The van der Waals surface area contributed by atoms with Crippen LogP contribution < -0.4 is 21.1 Å². The molecule has 16 heteroatoms. The van der Waals surface area contributed by atoms with E-state index in [-0.39, 0.29) is 41.8 Å². The van der Waals surface area contributed by atoms with Crippen LogP contribution in [0.15, 0.2) is 48.9 Å². The van der Waals surface area contributed by atoms with Crippen molar-refractivity contribution in [3.63, 3.8) is 0 Å². The van der Waals surface area contributed by atoms with Gasteiger partial charge in [0.2, 0.25) is 0 Å². The summed E-state index contributed by atoms with van der Waals surface area (Å²) in [6.07, 6.45) is 4.83. The number of carbonyl (C=O) groups excluding carboxylic acids is 2. The number of aromatic nitrogens is 3. The van der Waals surface area contributed by atoms with E-state index in [4.69, 9.17) is 37.2 Å². The molecule has 5 rings (SSSR count). The molecule has 0 spiro atoms. The highest BCUT2D eigenvalue weighted by Crippen LogP contribution is 2.36. The Morgan fingerprint density at radius 3 is 2.57 bits per heavy atom. The maximum absolute atomic E-state index is 14.8. The molecule has 0 radical (unpaired) electrons. The van der Waals surface area contributed by atoms with E-state index < -0.39 is 5.82 Å². The van der Waals surface area contributed by atoms with Gasteiger partial charge in [0.1, 0.15) is 6.07 Å². The van der Waals surface area contributed by atoms with E-state index in [9.17, 15) is 14.0 Å². The molecule has 2 aromatic carbocycles. The molecule has 2 aromatic heterocycles. The van der Waals surface area contributed by atoms with Crippen LogP contribution in [0.2, 0.25) is 5.02 Å². The quantitative estimate of drug-likeness (QED) is 0.202. The number of rotatable bonds is 8. The van der Waals surface area contributed by atoms with Crippen LogP contribution in [0.4, 0.5) is 20.7 Å². The first-order chi connectivity index (χ1) is 22.6. The average molecular weight is 666 g/mol. The van der Waals surface area contributed by atoms with Gasteiger partial charge >= 0.3 is 6.03 Å². The number of imidazole rings is 1. The maximum atomic E-state index is 14.8. The van der Waals surface area contributed by atoms with E-state index in [2.05, 4.69) is 20.6 Å². The third kappa shape index (κ3) is 8.04. The van der Waals surface area contributed by atoms with Crippen LogP contribution >= 0.6 is 11.6 Å². The second-order valence-corrected chi connectivity index (χ2v) is 10.9. The van der Waals surface area contributed by atoms with E-state index in [0.29, 0.717) is 66.7 Å². The Hall–Kier alpha value is -5.46. The fraction of sp³-hybridized carbons (Fsp3) is 0.290. The van der Waals surface area contributed by atoms with Crippen molar-refractivity contribution in [2.45, 2.75) is 19.9 Å². The minimum atomic E-state index is -0.767. The summed E-state index contributed by atoms with van der Waals surface area (Å²) in [5, 5.41) is 21.5. The number of nitrogens with two attached hydrogens (primary N) is 1. The maximum Gasteiger partial charge on any atom is 0.317 e. The number of urea groups is 1. The summed E-state index contributed by atoms with van der Waals surface area (Å²) in [5.41, 5.74) is 9.15. The van der Waals surface area contributed by atoms with Gasteiger partial charge < -0.3 is 36.0 Å². The molecule has 0 unspecified atom stereocenters. The van der Waals surface area contributed by atoms with E-state index in [1.165, 1.54) is 6.07 Å². The summed E-state index contributed by atoms with van der Waals surface area (Å²) in [5.74, 6) is -0.535. The van der Waals surface area contributed by atoms with Crippen molar-refractivity contribution in [3.8, 4) is 23.1 Å². The van der Waals surface area contributed by atoms with Crippen LogP contribution in [0.25, 0.3) is 16.9 Å². The highest BCUT2D eigenvalue weighted by atomic mass is 35.5. The standard InChI is InChI=1S/C30H31ClFN9O3.CH2O2/c1-18-15-20(3-4-21(18)29(42)39-10-12-40(13-11-39)30(43)37-16-19(2)34)38-27-28-36-17-23(41(28)9-8-35-27)22-5-6-24(44-14-7-33)26(32)25(22)31;2-1-3/h3-6,8-9,15,17,19H,10-14,16,34H2,1-2H3,(H,35,38)(H,37,43);1H,(H,2,3)/t19-;/m1./s1. The lowest BCUT2D eigenvalue weighted by molar-refractivity contribution is -0.122. The topological polar surface area (TPSA) is 191 Å². The predicted molar refractivity (Wildman–Crippen MR) is 172 cm³/mol. The number of nitriles is 1. The van der Waals surface area contributed by atoms with Gasteiger partial charge in [0.15, 0.2) is 29.6 Å². The monoisotopic (exact) mass is 665 g/mol. The number of carboxylic acid groups (broad SMARTS) is 1. The summed E-state index contributed by atoms with van der Waals surface area (Å²) in [7, 11) is 0. The van der Waals surface area contributed by atoms with Crippen molar-refractivity contribution in [1.82, 2.24) is 29.5 Å². The molecule has 246 valence electrons. The number of anilines is 2. The van der Waals surface area contributed by atoms with Crippen LogP contribution in [0.1, 0.15) is 22.8 Å². The molecule has 1 fully saturated rings.